The second kappa shape index (κ2) is 9.38. The number of carbonyl (C=O) groups excluding carboxylic acids is 1. The van der Waals surface area contributed by atoms with Gasteiger partial charge in [0.1, 0.15) is 11.4 Å². The van der Waals surface area contributed by atoms with Gasteiger partial charge < -0.3 is 0 Å². The highest BCUT2D eigenvalue weighted by molar-refractivity contribution is 8.00. The zero-order chi connectivity index (χ0) is 21.9. The number of hydrogen-bond donors (Lipinski definition) is 0. The number of carbonyl (C=O) groups is 1. The number of nitrogens with zero attached hydrogens (tertiary/aromatic N) is 6. The Morgan fingerprint density at radius 2 is 1.97 bits per heavy atom. The largest absolute Gasteiger partial charge is 0.284 e. The number of thioether (sulfide) groups is 1. The molecule has 0 N–H and O–H groups in total. The van der Waals surface area contributed by atoms with Crippen LogP contribution in [0.2, 0.25) is 0 Å². The van der Waals surface area contributed by atoms with E-state index in [1.807, 2.05) is 47.5 Å². The number of benzene rings is 1. The fourth-order valence-electron chi connectivity index (χ4n) is 4.19. The van der Waals surface area contributed by atoms with Gasteiger partial charge in [-0.15, -0.1) is 11.3 Å². The predicted octanol–water partition coefficient (Wildman–Crippen LogP) is 5.12. The fourth-order valence-corrected chi connectivity index (χ4v) is 5.84. The van der Waals surface area contributed by atoms with E-state index in [0.717, 1.165) is 52.6 Å². The molecule has 0 radical (unpaired) electrons. The summed E-state index contributed by atoms with van der Waals surface area (Å²) in [6, 6.07) is 10.1. The number of rotatable bonds is 6. The van der Waals surface area contributed by atoms with Crippen LogP contribution in [0, 0.1) is 0 Å². The lowest BCUT2D eigenvalue weighted by Gasteiger charge is -2.34. The first-order chi connectivity index (χ1) is 15.7. The minimum Gasteiger partial charge on any atom is -0.284 e. The summed E-state index contributed by atoms with van der Waals surface area (Å²) in [6.45, 7) is 1.95. The summed E-state index contributed by atoms with van der Waals surface area (Å²) in [7, 11) is 0. The summed E-state index contributed by atoms with van der Waals surface area (Å²) in [5.41, 5.74) is 1.67. The molecule has 3 aromatic heterocycles. The number of amides is 1. The van der Waals surface area contributed by atoms with E-state index in [9.17, 15) is 4.79 Å². The Balaban J connectivity index is 1.42. The molecule has 1 saturated carbocycles. The van der Waals surface area contributed by atoms with Crippen LogP contribution in [-0.4, -0.2) is 41.9 Å². The molecule has 1 atom stereocenters. The standard InChI is InChI=1S/C23H24N6OS2/c1-16(22(30)28(23-24-12-13-31-23)17-8-4-2-5-9-17)32-21-19-14-27-29(20(19)25-15-26-21)18-10-6-3-7-11-18/h3,6-7,10-17H,2,4-5,8-9H2,1H3/t16-/m1/s1. The summed E-state index contributed by atoms with van der Waals surface area (Å²) in [4.78, 5) is 29.0. The summed E-state index contributed by atoms with van der Waals surface area (Å²) < 4.78 is 1.80. The van der Waals surface area contributed by atoms with Crippen LogP contribution in [0.15, 0.2) is 59.5 Å². The van der Waals surface area contributed by atoms with Crippen LogP contribution in [0.25, 0.3) is 16.7 Å². The smallest absolute Gasteiger partial charge is 0.242 e. The Morgan fingerprint density at radius 3 is 2.72 bits per heavy atom. The highest BCUT2D eigenvalue weighted by Crippen LogP contribution is 2.34. The quantitative estimate of drug-likeness (QED) is 0.291. The Labute approximate surface area is 194 Å². The average Bonchev–Trinajstić information content (AvgIpc) is 3.51. The number of hydrogen-bond acceptors (Lipinski definition) is 7. The predicted molar refractivity (Wildman–Crippen MR) is 128 cm³/mol. The van der Waals surface area contributed by atoms with Gasteiger partial charge in [-0.05, 0) is 31.9 Å². The van der Waals surface area contributed by atoms with E-state index in [4.69, 9.17) is 0 Å². The number of aromatic nitrogens is 5. The van der Waals surface area contributed by atoms with E-state index in [0.29, 0.717) is 0 Å². The van der Waals surface area contributed by atoms with Crippen molar-refractivity contribution in [1.29, 1.82) is 0 Å². The van der Waals surface area contributed by atoms with Gasteiger partial charge in [0.05, 0.1) is 22.5 Å². The maximum Gasteiger partial charge on any atom is 0.242 e. The Morgan fingerprint density at radius 1 is 1.16 bits per heavy atom. The molecule has 3 heterocycles. The molecular formula is C23H24N6OS2. The third kappa shape index (κ3) is 4.14. The van der Waals surface area contributed by atoms with Gasteiger partial charge >= 0.3 is 0 Å². The molecule has 1 aliphatic rings. The zero-order valence-corrected chi connectivity index (χ0v) is 19.4. The molecule has 0 unspecified atom stereocenters. The normalized spacial score (nSPS) is 15.7. The number of thiazole rings is 1. The van der Waals surface area contributed by atoms with Crippen molar-refractivity contribution in [3.8, 4) is 5.69 Å². The van der Waals surface area contributed by atoms with Gasteiger partial charge in [0.15, 0.2) is 10.8 Å². The molecule has 1 aliphatic carbocycles. The van der Waals surface area contributed by atoms with Gasteiger partial charge in [0.2, 0.25) is 5.91 Å². The van der Waals surface area contributed by atoms with Crippen LogP contribution >= 0.6 is 23.1 Å². The van der Waals surface area contributed by atoms with Gasteiger partial charge in [-0.25, -0.2) is 19.6 Å². The average molecular weight is 465 g/mol. The van der Waals surface area contributed by atoms with E-state index in [1.54, 1.807) is 23.4 Å². The molecule has 5 rings (SSSR count). The minimum absolute atomic E-state index is 0.0825. The van der Waals surface area contributed by atoms with Crippen molar-refractivity contribution in [3.63, 3.8) is 0 Å². The second-order valence-corrected chi connectivity index (χ2v) is 10.1. The van der Waals surface area contributed by atoms with Gasteiger partial charge in [0, 0.05) is 17.6 Å². The van der Waals surface area contributed by atoms with E-state index in [-0.39, 0.29) is 17.2 Å². The Hall–Kier alpha value is -2.78. The van der Waals surface area contributed by atoms with Gasteiger partial charge in [-0.1, -0.05) is 49.2 Å². The topological polar surface area (TPSA) is 76.8 Å². The molecular weight excluding hydrogens is 440 g/mol. The number of fused-ring (bicyclic) bond motifs is 1. The van der Waals surface area contributed by atoms with E-state index in [2.05, 4.69) is 20.1 Å². The molecule has 1 fully saturated rings. The van der Waals surface area contributed by atoms with Crippen LogP contribution in [0.3, 0.4) is 0 Å². The first-order valence-electron chi connectivity index (χ1n) is 10.9. The van der Waals surface area contributed by atoms with Crippen molar-refractivity contribution in [1.82, 2.24) is 24.7 Å². The van der Waals surface area contributed by atoms with Gasteiger partial charge in [0.25, 0.3) is 0 Å². The highest BCUT2D eigenvalue weighted by Gasteiger charge is 2.32. The number of anilines is 1. The number of para-hydroxylation sites is 1. The van der Waals surface area contributed by atoms with E-state index in [1.165, 1.54) is 29.5 Å². The van der Waals surface area contributed by atoms with Gasteiger partial charge in [-0.2, -0.15) is 5.10 Å². The molecule has 1 amide bonds. The van der Waals surface area contributed by atoms with Crippen molar-refractivity contribution in [3.05, 3.63) is 54.4 Å². The first kappa shape index (κ1) is 21.1. The maximum absolute atomic E-state index is 13.6. The monoisotopic (exact) mass is 464 g/mol. The lowest BCUT2D eigenvalue weighted by molar-refractivity contribution is -0.118. The molecule has 1 aromatic carbocycles. The van der Waals surface area contributed by atoms with Crippen LogP contribution in [0.1, 0.15) is 39.0 Å². The molecule has 0 aliphatic heterocycles. The highest BCUT2D eigenvalue weighted by atomic mass is 32.2. The lowest BCUT2D eigenvalue weighted by Crippen LogP contribution is -2.45. The zero-order valence-electron chi connectivity index (χ0n) is 17.8. The first-order valence-corrected chi connectivity index (χ1v) is 12.6. The summed E-state index contributed by atoms with van der Waals surface area (Å²) >= 11 is 2.99. The molecule has 0 saturated heterocycles. The molecule has 9 heteroatoms. The van der Waals surface area contributed by atoms with Crippen LogP contribution < -0.4 is 4.90 Å². The van der Waals surface area contributed by atoms with Crippen molar-refractivity contribution >= 4 is 45.2 Å². The molecule has 7 nitrogen and oxygen atoms in total. The third-order valence-corrected chi connectivity index (χ3v) is 7.64. The maximum atomic E-state index is 13.6. The van der Waals surface area contributed by atoms with Crippen LogP contribution in [-0.2, 0) is 4.79 Å². The van der Waals surface area contributed by atoms with Crippen molar-refractivity contribution in [2.45, 2.75) is 55.3 Å². The van der Waals surface area contributed by atoms with Gasteiger partial charge in [-0.3, -0.25) is 9.69 Å². The SMILES string of the molecule is C[C@@H](Sc1ncnc2c1cnn2-c1ccccc1)C(=O)N(c1nccs1)C1CCCCC1. The molecule has 164 valence electrons. The molecule has 0 spiro atoms. The third-order valence-electron chi connectivity index (χ3n) is 5.77. The summed E-state index contributed by atoms with van der Waals surface area (Å²) in [5.74, 6) is 0.0825. The molecule has 32 heavy (non-hydrogen) atoms. The molecule has 0 bridgehead atoms. The second-order valence-electron chi connectivity index (χ2n) is 7.88. The Kier molecular flexibility index (Phi) is 6.18. The van der Waals surface area contributed by atoms with Crippen LogP contribution in [0.4, 0.5) is 5.13 Å². The Bertz CT molecular complexity index is 1190. The van der Waals surface area contributed by atoms with E-state index < -0.39 is 0 Å². The molecule has 4 aromatic rings. The van der Waals surface area contributed by atoms with Crippen LogP contribution in [0.5, 0.6) is 0 Å². The van der Waals surface area contributed by atoms with E-state index >= 15 is 0 Å². The van der Waals surface area contributed by atoms with Crippen molar-refractivity contribution < 1.29 is 4.79 Å². The summed E-state index contributed by atoms with van der Waals surface area (Å²) in [6.07, 6.45) is 10.7. The van der Waals surface area contributed by atoms with Crippen molar-refractivity contribution in [2.75, 3.05) is 4.90 Å². The lowest BCUT2D eigenvalue weighted by atomic mass is 9.94. The van der Waals surface area contributed by atoms with Crippen molar-refractivity contribution in [2.24, 2.45) is 0 Å². The minimum atomic E-state index is -0.306. The fraction of sp³-hybridized carbons (Fsp3) is 0.348. The summed E-state index contributed by atoms with van der Waals surface area (Å²) in [5, 5.41) is 8.55.